The van der Waals surface area contributed by atoms with Gasteiger partial charge in [0.2, 0.25) is 0 Å². The van der Waals surface area contributed by atoms with Crippen molar-refractivity contribution >= 4 is 21.9 Å². The minimum absolute atomic E-state index is 0.283. The Bertz CT molecular complexity index is 599. The third-order valence-corrected chi connectivity index (χ3v) is 3.82. The molecule has 4 heteroatoms. The Balaban J connectivity index is 1.99. The summed E-state index contributed by atoms with van der Waals surface area (Å²) in [7, 11) is 0. The quantitative estimate of drug-likeness (QED) is 0.805. The number of carbonyl (C=O) groups is 1. The molecule has 0 radical (unpaired) electrons. The predicted molar refractivity (Wildman–Crippen MR) is 87.1 cm³/mol. The zero-order valence-electron chi connectivity index (χ0n) is 11.9. The highest BCUT2D eigenvalue weighted by Gasteiger charge is 2.09. The van der Waals surface area contributed by atoms with E-state index in [0.29, 0.717) is 18.7 Å². The van der Waals surface area contributed by atoms with Crippen LogP contribution in [0.2, 0.25) is 0 Å². The lowest BCUT2D eigenvalue weighted by atomic mass is 10.1. The highest BCUT2D eigenvalue weighted by molar-refractivity contribution is 9.10. The number of halogens is 1. The van der Waals surface area contributed by atoms with Crippen LogP contribution < -0.4 is 5.32 Å². The molecule has 0 aromatic heterocycles. The summed E-state index contributed by atoms with van der Waals surface area (Å²) in [6.07, 6.45) is 0. The van der Waals surface area contributed by atoms with Gasteiger partial charge in [-0.1, -0.05) is 46.3 Å². The molecule has 0 saturated heterocycles. The van der Waals surface area contributed by atoms with Gasteiger partial charge >= 0.3 is 5.97 Å². The van der Waals surface area contributed by atoms with Crippen LogP contribution in [0.5, 0.6) is 0 Å². The van der Waals surface area contributed by atoms with Gasteiger partial charge in [0.25, 0.3) is 0 Å². The van der Waals surface area contributed by atoms with Crippen LogP contribution in [0.1, 0.15) is 28.4 Å². The lowest BCUT2D eigenvalue weighted by molar-refractivity contribution is 0.0526. The molecule has 2 aromatic rings. The molecule has 0 fully saturated rings. The van der Waals surface area contributed by atoms with E-state index in [4.69, 9.17) is 4.74 Å². The van der Waals surface area contributed by atoms with Gasteiger partial charge in [-0.3, -0.25) is 0 Å². The van der Waals surface area contributed by atoms with E-state index in [1.54, 1.807) is 13.0 Å². The summed E-state index contributed by atoms with van der Waals surface area (Å²) in [6, 6.07) is 15.7. The third kappa shape index (κ3) is 4.69. The van der Waals surface area contributed by atoms with Crippen LogP contribution in [0.3, 0.4) is 0 Å². The highest BCUT2D eigenvalue weighted by atomic mass is 79.9. The molecule has 2 rings (SSSR count). The summed E-state index contributed by atoms with van der Waals surface area (Å²) in [5.74, 6) is -0.283. The maximum atomic E-state index is 11.7. The van der Waals surface area contributed by atoms with Gasteiger partial charge in [0.05, 0.1) is 12.2 Å². The largest absolute Gasteiger partial charge is 0.462 e. The van der Waals surface area contributed by atoms with Gasteiger partial charge in [0.15, 0.2) is 0 Å². The Morgan fingerprint density at radius 3 is 2.62 bits per heavy atom. The number of benzene rings is 2. The van der Waals surface area contributed by atoms with Crippen molar-refractivity contribution in [1.29, 1.82) is 0 Å². The van der Waals surface area contributed by atoms with E-state index in [2.05, 4.69) is 33.4 Å². The van der Waals surface area contributed by atoms with Crippen molar-refractivity contribution < 1.29 is 9.53 Å². The first-order chi connectivity index (χ1) is 10.2. The number of esters is 1. The van der Waals surface area contributed by atoms with Crippen LogP contribution in [0.15, 0.2) is 53.0 Å². The zero-order valence-corrected chi connectivity index (χ0v) is 13.5. The maximum absolute atomic E-state index is 11.7. The Morgan fingerprint density at radius 2 is 1.90 bits per heavy atom. The van der Waals surface area contributed by atoms with E-state index in [1.165, 1.54) is 5.56 Å². The summed E-state index contributed by atoms with van der Waals surface area (Å²) in [5, 5.41) is 3.37. The Labute approximate surface area is 133 Å². The van der Waals surface area contributed by atoms with Crippen LogP contribution in [0, 0.1) is 0 Å². The average molecular weight is 348 g/mol. The molecule has 110 valence electrons. The number of hydrogen-bond acceptors (Lipinski definition) is 3. The molecule has 0 aliphatic carbocycles. The van der Waals surface area contributed by atoms with Crippen molar-refractivity contribution in [2.75, 3.05) is 6.61 Å². The minimum atomic E-state index is -0.283. The van der Waals surface area contributed by atoms with E-state index in [1.807, 2.05) is 30.3 Å². The summed E-state index contributed by atoms with van der Waals surface area (Å²) < 4.78 is 6.00. The molecule has 0 atom stereocenters. The molecule has 0 spiro atoms. The maximum Gasteiger partial charge on any atom is 0.338 e. The van der Waals surface area contributed by atoms with Crippen molar-refractivity contribution in [3.63, 3.8) is 0 Å². The number of ether oxygens (including phenoxy) is 1. The lowest BCUT2D eigenvalue weighted by Gasteiger charge is -2.09. The van der Waals surface area contributed by atoms with Gasteiger partial charge in [-0.05, 0) is 36.2 Å². The monoisotopic (exact) mass is 347 g/mol. The standard InChI is InChI=1S/C17H18BrNO2/c1-2-21-17(20)14-8-9-16(18)15(10-14)12-19-11-13-6-4-3-5-7-13/h3-10,19H,2,11-12H2,1H3. The van der Waals surface area contributed by atoms with Crippen LogP contribution in [-0.4, -0.2) is 12.6 Å². The molecular weight excluding hydrogens is 330 g/mol. The number of carbonyl (C=O) groups excluding carboxylic acids is 1. The second-order valence-corrected chi connectivity index (χ2v) is 5.47. The zero-order chi connectivity index (χ0) is 15.1. The van der Waals surface area contributed by atoms with Crippen molar-refractivity contribution in [3.05, 3.63) is 69.7 Å². The Kier molecular flexibility index (Phi) is 5.96. The molecule has 0 bridgehead atoms. The van der Waals surface area contributed by atoms with Crippen LogP contribution in [0.4, 0.5) is 0 Å². The summed E-state index contributed by atoms with van der Waals surface area (Å²) in [5.41, 5.74) is 2.85. The van der Waals surface area contributed by atoms with Crippen LogP contribution in [-0.2, 0) is 17.8 Å². The normalized spacial score (nSPS) is 10.4. The minimum Gasteiger partial charge on any atom is -0.462 e. The molecule has 2 aromatic carbocycles. The molecule has 1 N–H and O–H groups in total. The fraction of sp³-hybridized carbons (Fsp3) is 0.235. The second-order valence-electron chi connectivity index (χ2n) is 4.62. The number of nitrogens with one attached hydrogen (secondary N) is 1. The first-order valence-electron chi connectivity index (χ1n) is 6.91. The highest BCUT2D eigenvalue weighted by Crippen LogP contribution is 2.19. The molecule has 0 aliphatic heterocycles. The fourth-order valence-electron chi connectivity index (χ4n) is 1.99. The molecule has 0 heterocycles. The SMILES string of the molecule is CCOC(=O)c1ccc(Br)c(CNCc2ccccc2)c1. The lowest BCUT2D eigenvalue weighted by Crippen LogP contribution is -2.14. The first kappa shape index (κ1) is 15.7. The van der Waals surface area contributed by atoms with E-state index in [9.17, 15) is 4.79 Å². The summed E-state index contributed by atoms with van der Waals surface area (Å²) >= 11 is 3.51. The van der Waals surface area contributed by atoms with Crippen molar-refractivity contribution in [2.45, 2.75) is 20.0 Å². The molecule has 0 saturated carbocycles. The predicted octanol–water partition coefficient (Wildman–Crippen LogP) is 3.92. The fourth-order valence-corrected chi connectivity index (χ4v) is 2.38. The first-order valence-corrected chi connectivity index (χ1v) is 7.70. The smallest absolute Gasteiger partial charge is 0.338 e. The molecule has 0 amide bonds. The van der Waals surface area contributed by atoms with Gasteiger partial charge in [-0.25, -0.2) is 4.79 Å². The molecular formula is C17H18BrNO2. The molecule has 3 nitrogen and oxygen atoms in total. The van der Waals surface area contributed by atoms with Crippen molar-refractivity contribution in [2.24, 2.45) is 0 Å². The van der Waals surface area contributed by atoms with Crippen LogP contribution >= 0.6 is 15.9 Å². The van der Waals surface area contributed by atoms with Gasteiger partial charge in [-0.15, -0.1) is 0 Å². The molecule has 21 heavy (non-hydrogen) atoms. The van der Waals surface area contributed by atoms with E-state index in [0.717, 1.165) is 16.6 Å². The second kappa shape index (κ2) is 7.96. The topological polar surface area (TPSA) is 38.3 Å². The average Bonchev–Trinajstić information content (AvgIpc) is 2.50. The van der Waals surface area contributed by atoms with Crippen molar-refractivity contribution in [1.82, 2.24) is 5.32 Å². The van der Waals surface area contributed by atoms with E-state index < -0.39 is 0 Å². The molecule has 0 unspecified atom stereocenters. The third-order valence-electron chi connectivity index (χ3n) is 3.04. The van der Waals surface area contributed by atoms with Gasteiger partial charge in [0, 0.05) is 17.6 Å². The van der Waals surface area contributed by atoms with Gasteiger partial charge in [0.1, 0.15) is 0 Å². The Hall–Kier alpha value is -1.65. The Morgan fingerprint density at radius 1 is 1.14 bits per heavy atom. The molecule has 0 aliphatic rings. The number of rotatable bonds is 6. The number of hydrogen-bond donors (Lipinski definition) is 1. The van der Waals surface area contributed by atoms with Crippen molar-refractivity contribution in [3.8, 4) is 0 Å². The van der Waals surface area contributed by atoms with E-state index >= 15 is 0 Å². The van der Waals surface area contributed by atoms with Crippen LogP contribution in [0.25, 0.3) is 0 Å². The van der Waals surface area contributed by atoms with Gasteiger partial charge < -0.3 is 10.1 Å². The van der Waals surface area contributed by atoms with E-state index in [-0.39, 0.29) is 5.97 Å². The summed E-state index contributed by atoms with van der Waals surface area (Å²) in [4.78, 5) is 11.7. The van der Waals surface area contributed by atoms with Gasteiger partial charge in [-0.2, -0.15) is 0 Å². The summed E-state index contributed by atoms with van der Waals surface area (Å²) in [6.45, 7) is 3.66.